The van der Waals surface area contributed by atoms with Crippen LogP contribution in [0.2, 0.25) is 0 Å². The second-order valence-electron chi connectivity index (χ2n) is 7.84. The Kier molecular flexibility index (Phi) is 3.68. The van der Waals surface area contributed by atoms with Crippen LogP contribution < -0.4 is 10.5 Å². The maximum Gasteiger partial charge on any atom is 0.165 e. The lowest BCUT2D eigenvalue weighted by molar-refractivity contribution is -0.186. The molecule has 0 amide bonds. The number of phenolic OH excluding ortho intramolecular Hbond substituents is 1. The van der Waals surface area contributed by atoms with Gasteiger partial charge in [-0.05, 0) is 43.9 Å². The maximum absolute atomic E-state index is 11.9. The third-order valence-corrected chi connectivity index (χ3v) is 6.98. The highest BCUT2D eigenvalue weighted by Gasteiger charge is 2.72. The molecule has 0 aromatic heterocycles. The minimum Gasteiger partial charge on any atom is -0.504 e. The second-order valence-corrected chi connectivity index (χ2v) is 7.84. The minimum absolute atomic E-state index is 0. The lowest BCUT2D eigenvalue weighted by Gasteiger charge is -2.63. The van der Waals surface area contributed by atoms with Crippen molar-refractivity contribution in [3.05, 3.63) is 35.9 Å². The fraction of sp³-hybridized carbons (Fsp3) is 0.579. The number of nitrogens with two attached hydrogens (primary N) is 1. The van der Waals surface area contributed by atoms with Gasteiger partial charge in [-0.2, -0.15) is 0 Å². The molecule has 1 spiro atoms. The summed E-state index contributed by atoms with van der Waals surface area (Å²) < 4.78 is 6.21. The zero-order valence-electron chi connectivity index (χ0n) is 14.1. The molecule has 136 valence electrons. The van der Waals surface area contributed by atoms with Gasteiger partial charge in [0, 0.05) is 24.2 Å². The number of likely N-dealkylation sites (tertiary alicyclic amines) is 1. The Balaban J connectivity index is 0.00000157. The summed E-state index contributed by atoms with van der Waals surface area (Å²) >= 11 is 0. The molecule has 0 unspecified atom stereocenters. The molecule has 1 saturated heterocycles. The summed E-state index contributed by atoms with van der Waals surface area (Å²) in [5.74, 6) is 0.725. The topological polar surface area (TPSA) is 79.0 Å². The summed E-state index contributed by atoms with van der Waals surface area (Å²) in [5.41, 5.74) is 7.28. The molecule has 6 heteroatoms. The number of halogens is 1. The minimum atomic E-state index is -0.860. The number of piperidine rings is 1. The van der Waals surface area contributed by atoms with Crippen LogP contribution in [0.1, 0.15) is 30.4 Å². The molecule has 0 radical (unpaired) electrons. The first-order valence-corrected chi connectivity index (χ1v) is 8.88. The predicted molar refractivity (Wildman–Crippen MR) is 97.5 cm³/mol. The number of aromatic hydroxyl groups is 1. The highest BCUT2D eigenvalue weighted by atomic mass is 35.5. The molecule has 2 bridgehead atoms. The number of hydrogen-bond donors (Lipinski definition) is 3. The number of nitrogens with zero attached hydrogens (tertiary/aromatic N) is 1. The molecule has 2 heterocycles. The van der Waals surface area contributed by atoms with Gasteiger partial charge in [0.2, 0.25) is 0 Å². The van der Waals surface area contributed by atoms with Crippen molar-refractivity contribution in [1.29, 1.82) is 0 Å². The van der Waals surface area contributed by atoms with Crippen molar-refractivity contribution >= 4 is 12.4 Å². The average Bonchev–Trinajstić information content (AvgIpc) is 2.91. The van der Waals surface area contributed by atoms with Crippen LogP contribution in [0.4, 0.5) is 0 Å². The van der Waals surface area contributed by atoms with Gasteiger partial charge in [0.25, 0.3) is 0 Å². The van der Waals surface area contributed by atoms with E-state index in [2.05, 4.69) is 11.5 Å². The van der Waals surface area contributed by atoms with E-state index in [9.17, 15) is 10.2 Å². The van der Waals surface area contributed by atoms with E-state index in [1.54, 1.807) is 6.07 Å². The van der Waals surface area contributed by atoms with E-state index in [4.69, 9.17) is 10.5 Å². The van der Waals surface area contributed by atoms with Gasteiger partial charge in [0.15, 0.2) is 11.5 Å². The van der Waals surface area contributed by atoms with E-state index in [-0.39, 0.29) is 36.3 Å². The van der Waals surface area contributed by atoms with Crippen molar-refractivity contribution in [3.63, 3.8) is 0 Å². The summed E-state index contributed by atoms with van der Waals surface area (Å²) in [4.78, 5) is 2.35. The summed E-state index contributed by atoms with van der Waals surface area (Å²) in [5, 5.41) is 22.3. The van der Waals surface area contributed by atoms with E-state index in [1.807, 2.05) is 12.1 Å². The fourth-order valence-corrected chi connectivity index (χ4v) is 6.05. The van der Waals surface area contributed by atoms with Gasteiger partial charge in [0.1, 0.15) is 6.10 Å². The summed E-state index contributed by atoms with van der Waals surface area (Å²) in [6.07, 6.45) is 4.66. The number of benzene rings is 1. The molecule has 5 atom stereocenters. The summed E-state index contributed by atoms with van der Waals surface area (Å²) in [6.45, 7) is 5.55. The van der Waals surface area contributed by atoms with Gasteiger partial charge in [-0.1, -0.05) is 12.1 Å². The third-order valence-electron chi connectivity index (χ3n) is 6.98. The van der Waals surface area contributed by atoms with Crippen LogP contribution in [-0.2, 0) is 11.8 Å². The lowest BCUT2D eigenvalue weighted by Crippen LogP contribution is -2.77. The van der Waals surface area contributed by atoms with E-state index < -0.39 is 11.0 Å². The summed E-state index contributed by atoms with van der Waals surface area (Å²) in [6, 6.07) is 3.64. The molecule has 4 N–H and O–H groups in total. The van der Waals surface area contributed by atoms with Crippen LogP contribution in [0.3, 0.4) is 0 Å². The Morgan fingerprint density at radius 3 is 2.96 bits per heavy atom. The van der Waals surface area contributed by atoms with Crippen molar-refractivity contribution in [1.82, 2.24) is 4.90 Å². The van der Waals surface area contributed by atoms with Crippen LogP contribution in [0.25, 0.3) is 0 Å². The smallest absolute Gasteiger partial charge is 0.165 e. The first-order chi connectivity index (χ1) is 11.5. The molecule has 5 rings (SSSR count). The first-order valence-electron chi connectivity index (χ1n) is 8.88. The molecule has 1 aromatic rings. The van der Waals surface area contributed by atoms with Crippen molar-refractivity contribution in [2.24, 2.45) is 5.73 Å². The highest BCUT2D eigenvalue weighted by Crippen LogP contribution is 2.65. The molecule has 2 aliphatic carbocycles. The highest BCUT2D eigenvalue weighted by molar-refractivity contribution is 5.85. The molecule has 1 saturated carbocycles. The fourth-order valence-electron chi connectivity index (χ4n) is 6.05. The Labute approximate surface area is 153 Å². The van der Waals surface area contributed by atoms with Gasteiger partial charge < -0.3 is 20.7 Å². The first kappa shape index (κ1) is 17.2. The van der Waals surface area contributed by atoms with Crippen LogP contribution in [-0.4, -0.2) is 52.0 Å². The zero-order chi connectivity index (χ0) is 16.7. The van der Waals surface area contributed by atoms with Crippen LogP contribution in [0.5, 0.6) is 11.5 Å². The number of hydrogen-bond acceptors (Lipinski definition) is 5. The average molecular weight is 365 g/mol. The number of aliphatic hydroxyl groups is 1. The van der Waals surface area contributed by atoms with Crippen molar-refractivity contribution in [2.75, 3.05) is 13.1 Å². The number of rotatable bonds is 2. The van der Waals surface area contributed by atoms with Gasteiger partial charge in [0.05, 0.1) is 11.0 Å². The largest absolute Gasteiger partial charge is 0.504 e. The van der Waals surface area contributed by atoms with E-state index >= 15 is 0 Å². The van der Waals surface area contributed by atoms with Gasteiger partial charge in [-0.25, -0.2) is 0 Å². The van der Waals surface area contributed by atoms with E-state index in [0.717, 1.165) is 37.9 Å². The molecule has 25 heavy (non-hydrogen) atoms. The van der Waals surface area contributed by atoms with Gasteiger partial charge >= 0.3 is 0 Å². The quantitative estimate of drug-likeness (QED) is 0.693. The van der Waals surface area contributed by atoms with E-state index in [0.29, 0.717) is 12.2 Å². The van der Waals surface area contributed by atoms with Gasteiger partial charge in [-0.3, -0.25) is 4.90 Å². The molecule has 5 nitrogen and oxygen atoms in total. The van der Waals surface area contributed by atoms with E-state index in [1.165, 1.54) is 5.56 Å². The lowest BCUT2D eigenvalue weighted by atomic mass is 9.48. The zero-order valence-corrected chi connectivity index (χ0v) is 15.0. The summed E-state index contributed by atoms with van der Waals surface area (Å²) in [7, 11) is 0. The standard InChI is InChI=1S/C19H24N2O3.ClH/c1-2-8-21-9-7-18-15-11-3-4-13(22)16(15)24-17(18)12(20)5-6-19(18,23)14(21)10-11;/h2-4,12,14,17,22-23H,1,5-10,20H2;1H/t12-,14-,17+,18+,19-;/m1./s1. The predicted octanol–water partition coefficient (Wildman–Crippen LogP) is 1.48. The molecule has 2 aliphatic heterocycles. The number of ether oxygens (including phenoxy) is 1. The molecule has 1 aromatic carbocycles. The molecular formula is C19H25ClN2O3. The maximum atomic E-state index is 11.9. The van der Waals surface area contributed by atoms with Crippen LogP contribution in [0, 0.1) is 0 Å². The second kappa shape index (κ2) is 5.36. The number of phenols is 1. The van der Waals surface area contributed by atoms with Crippen molar-refractivity contribution in [2.45, 2.75) is 54.9 Å². The Morgan fingerprint density at radius 2 is 2.20 bits per heavy atom. The van der Waals surface area contributed by atoms with Gasteiger partial charge in [-0.15, -0.1) is 19.0 Å². The Morgan fingerprint density at radius 1 is 1.40 bits per heavy atom. The van der Waals surface area contributed by atoms with Crippen molar-refractivity contribution < 1.29 is 14.9 Å². The van der Waals surface area contributed by atoms with Crippen molar-refractivity contribution in [3.8, 4) is 11.5 Å². The molecular weight excluding hydrogens is 340 g/mol. The van der Waals surface area contributed by atoms with Crippen LogP contribution >= 0.6 is 12.4 Å². The van der Waals surface area contributed by atoms with Crippen LogP contribution in [0.15, 0.2) is 24.8 Å². The molecule has 4 aliphatic rings. The monoisotopic (exact) mass is 364 g/mol. The Bertz CT molecular complexity index is 742. The third kappa shape index (κ3) is 1.80. The SMILES string of the molecule is C=CCN1CC[C@]23c4c5ccc(O)c4O[C@H]2[C@H](N)CC[C@@]3(O)[C@H]1C5.Cl. The normalized spacial score (nSPS) is 40.6. The molecule has 2 fully saturated rings. The Hall–Kier alpha value is -1.27.